The number of benzene rings is 1. The largest absolute Gasteiger partial charge is 1.00 e. The Morgan fingerprint density at radius 1 is 1.00 bits per heavy atom. The molecule has 0 aliphatic rings. The van der Waals surface area contributed by atoms with Crippen LogP contribution < -0.4 is 18.9 Å². The second-order valence-electron chi connectivity index (χ2n) is 3.09. The van der Waals surface area contributed by atoms with Gasteiger partial charge < -0.3 is 6.53 Å². The Morgan fingerprint density at radius 2 is 1.50 bits per heavy atom. The van der Waals surface area contributed by atoms with Crippen molar-refractivity contribution >= 4 is 0 Å². The zero-order valence-electron chi connectivity index (χ0n) is 9.52. The molecule has 0 saturated heterocycles. The van der Waals surface area contributed by atoms with Crippen LogP contribution in [0.5, 0.6) is 5.75 Å². The Kier molecular flexibility index (Phi) is 3.90. The summed E-state index contributed by atoms with van der Waals surface area (Å²) in [6, 6.07) is 1.82. The van der Waals surface area contributed by atoms with E-state index in [0.29, 0.717) is 5.75 Å². The van der Waals surface area contributed by atoms with Gasteiger partial charge in [0.1, 0.15) is 5.75 Å². The number of phenols is 1. The molecule has 0 amide bonds. The molecule has 1 aromatic rings. The minimum absolute atomic E-state index is 0. The molecule has 0 unspecified atom stereocenters. The number of hydrogen-bond acceptors (Lipinski definition) is 1. The van der Waals surface area contributed by atoms with Crippen LogP contribution in [0.2, 0.25) is 0 Å². The zero-order chi connectivity index (χ0) is 8.59. The third-order valence-electron chi connectivity index (χ3n) is 2.45. The predicted octanol–water partition coefficient (Wildman–Crippen LogP) is -0.258. The van der Waals surface area contributed by atoms with Crippen LogP contribution in [0.25, 0.3) is 0 Å². The monoisotopic (exact) mass is 158 g/mol. The van der Waals surface area contributed by atoms with Crippen molar-refractivity contribution in [3.8, 4) is 5.75 Å². The van der Waals surface area contributed by atoms with Gasteiger partial charge in [0.2, 0.25) is 0 Å². The van der Waals surface area contributed by atoms with E-state index >= 15 is 0 Å². The van der Waals surface area contributed by atoms with E-state index in [1.165, 1.54) is 11.1 Å². The van der Waals surface area contributed by atoms with Crippen LogP contribution in [0, 0.1) is 27.7 Å². The molecule has 0 atom stereocenters. The van der Waals surface area contributed by atoms with Crippen molar-refractivity contribution in [3.63, 3.8) is 0 Å². The zero-order valence-corrected chi connectivity index (χ0v) is 8.52. The van der Waals surface area contributed by atoms with E-state index in [4.69, 9.17) is 0 Å². The van der Waals surface area contributed by atoms with Crippen molar-refractivity contribution in [3.05, 3.63) is 28.3 Å². The van der Waals surface area contributed by atoms with Crippen LogP contribution in [0.3, 0.4) is 0 Å². The number of rotatable bonds is 0. The first-order chi connectivity index (χ1) is 5.04. The maximum atomic E-state index is 9.41. The molecule has 0 fully saturated rings. The molecular weight excluding hydrogens is 143 g/mol. The van der Waals surface area contributed by atoms with Gasteiger partial charge in [-0.1, -0.05) is 0 Å². The summed E-state index contributed by atoms with van der Waals surface area (Å²) in [4.78, 5) is 0. The molecule has 1 rings (SSSR count). The molecule has 2 heteroatoms. The Morgan fingerprint density at radius 3 is 2.00 bits per heavy atom. The van der Waals surface area contributed by atoms with Crippen LogP contribution in [0.4, 0.5) is 0 Å². The van der Waals surface area contributed by atoms with Crippen molar-refractivity contribution in [1.82, 2.24) is 0 Å². The van der Waals surface area contributed by atoms with Crippen LogP contribution in [0.15, 0.2) is 6.07 Å². The van der Waals surface area contributed by atoms with E-state index in [1.807, 2.05) is 26.8 Å². The summed E-state index contributed by atoms with van der Waals surface area (Å²) >= 11 is 0. The molecule has 0 bridgehead atoms. The summed E-state index contributed by atoms with van der Waals surface area (Å²) in [7, 11) is 0. The molecule has 0 spiro atoms. The van der Waals surface area contributed by atoms with Gasteiger partial charge in [-0.2, -0.15) is 0 Å². The molecule has 1 aromatic carbocycles. The van der Waals surface area contributed by atoms with Crippen LogP contribution in [-0.4, -0.2) is 5.11 Å². The molecule has 0 saturated carbocycles. The van der Waals surface area contributed by atoms with Crippen molar-refractivity contribution in [2.24, 2.45) is 0 Å². The topological polar surface area (TPSA) is 20.2 Å². The minimum atomic E-state index is 0. The standard InChI is InChI=1S/C10H14O.Li.H/c1-6-5-10(11)9(4)8(3)7(6)2;;/h5,11H,1-4H3;;/q;+1;-1. The quantitative estimate of drug-likeness (QED) is 0.516. The average Bonchev–Trinajstić information content (AvgIpc) is 1.97. The fraction of sp³-hybridized carbons (Fsp3) is 0.400. The first-order valence-corrected chi connectivity index (χ1v) is 3.80. The second-order valence-corrected chi connectivity index (χ2v) is 3.09. The summed E-state index contributed by atoms with van der Waals surface area (Å²) in [6.45, 7) is 8.08. The number of phenolic OH excluding ortho intramolecular Hbond substituents is 1. The molecule has 62 valence electrons. The fourth-order valence-electron chi connectivity index (χ4n) is 1.19. The van der Waals surface area contributed by atoms with Gasteiger partial charge in [-0.15, -0.1) is 0 Å². The van der Waals surface area contributed by atoms with E-state index in [2.05, 4.69) is 6.92 Å². The molecule has 1 N–H and O–H groups in total. The molecule has 12 heavy (non-hydrogen) atoms. The number of hydrogen-bond donors (Lipinski definition) is 1. The van der Waals surface area contributed by atoms with E-state index in [0.717, 1.165) is 11.1 Å². The van der Waals surface area contributed by atoms with E-state index < -0.39 is 0 Å². The first kappa shape index (κ1) is 11.6. The van der Waals surface area contributed by atoms with Gasteiger partial charge in [0.15, 0.2) is 0 Å². The molecule has 0 radical (unpaired) electrons. The first-order valence-electron chi connectivity index (χ1n) is 3.80. The van der Waals surface area contributed by atoms with Crippen molar-refractivity contribution in [1.29, 1.82) is 0 Å². The van der Waals surface area contributed by atoms with Gasteiger partial charge in [0, 0.05) is 0 Å². The third kappa shape index (κ3) is 1.86. The third-order valence-corrected chi connectivity index (χ3v) is 2.45. The maximum absolute atomic E-state index is 9.41. The normalized spacial score (nSPS) is 9.33. The summed E-state index contributed by atoms with van der Waals surface area (Å²) < 4.78 is 0. The summed E-state index contributed by atoms with van der Waals surface area (Å²) in [5.74, 6) is 0.408. The van der Waals surface area contributed by atoms with Crippen molar-refractivity contribution in [2.75, 3.05) is 0 Å². The number of aromatic hydroxyl groups is 1. The molecule has 1 nitrogen and oxygen atoms in total. The van der Waals surface area contributed by atoms with Gasteiger partial charge in [-0.25, -0.2) is 0 Å². The SMILES string of the molecule is Cc1cc(O)c(C)c(C)c1C.[H-].[Li+]. The second kappa shape index (κ2) is 4.03. The van der Waals surface area contributed by atoms with Crippen LogP contribution >= 0.6 is 0 Å². The van der Waals surface area contributed by atoms with Gasteiger partial charge in [-0.3, -0.25) is 0 Å². The van der Waals surface area contributed by atoms with Crippen molar-refractivity contribution < 1.29 is 25.4 Å². The summed E-state index contributed by atoms with van der Waals surface area (Å²) in [6.07, 6.45) is 0. The molecule has 0 aliphatic carbocycles. The van der Waals surface area contributed by atoms with Gasteiger partial charge in [0.25, 0.3) is 0 Å². The summed E-state index contributed by atoms with van der Waals surface area (Å²) in [5.41, 5.74) is 4.63. The van der Waals surface area contributed by atoms with E-state index in [9.17, 15) is 5.11 Å². The maximum Gasteiger partial charge on any atom is 1.00 e. The van der Waals surface area contributed by atoms with Crippen molar-refractivity contribution in [2.45, 2.75) is 27.7 Å². The number of aryl methyl sites for hydroxylation is 1. The molecule has 0 aromatic heterocycles. The minimum Gasteiger partial charge on any atom is -1.00 e. The van der Waals surface area contributed by atoms with E-state index in [1.54, 1.807) is 0 Å². The van der Waals surface area contributed by atoms with Crippen LogP contribution in [-0.2, 0) is 0 Å². The molecule has 0 heterocycles. The Bertz CT molecular complexity index is 271. The predicted molar refractivity (Wildman–Crippen MR) is 48.2 cm³/mol. The van der Waals surface area contributed by atoms with Gasteiger partial charge >= 0.3 is 18.9 Å². The molecule has 0 aliphatic heterocycles. The Hall–Kier alpha value is -0.383. The fourth-order valence-corrected chi connectivity index (χ4v) is 1.19. The van der Waals surface area contributed by atoms with Crippen LogP contribution in [0.1, 0.15) is 23.7 Å². The van der Waals surface area contributed by atoms with E-state index in [-0.39, 0.29) is 20.3 Å². The summed E-state index contributed by atoms with van der Waals surface area (Å²) in [5, 5.41) is 9.41. The smallest absolute Gasteiger partial charge is 1.00 e. The van der Waals surface area contributed by atoms with Gasteiger partial charge in [0.05, 0.1) is 0 Å². The molecular formula is C10H15LiO. The van der Waals surface area contributed by atoms with Gasteiger partial charge in [-0.05, 0) is 56.0 Å². The Labute approximate surface area is 87.5 Å². The Balaban J connectivity index is 0. The average molecular weight is 158 g/mol.